The number of aromatic nitrogens is 2. The maximum absolute atomic E-state index is 12.9. The summed E-state index contributed by atoms with van der Waals surface area (Å²) in [5.74, 6) is -0.0233. The van der Waals surface area contributed by atoms with Gasteiger partial charge in [-0.05, 0) is 43.7 Å². The lowest BCUT2D eigenvalue weighted by Gasteiger charge is -2.20. The van der Waals surface area contributed by atoms with Crippen LogP contribution in [0.25, 0.3) is 10.9 Å². The average molecular weight is 443 g/mol. The molecule has 0 saturated heterocycles. The van der Waals surface area contributed by atoms with Gasteiger partial charge in [0.2, 0.25) is 15.9 Å². The van der Waals surface area contributed by atoms with E-state index in [1.165, 1.54) is 14.9 Å². The lowest BCUT2D eigenvalue weighted by molar-refractivity contribution is -0.116. The molecule has 31 heavy (non-hydrogen) atoms. The van der Waals surface area contributed by atoms with Crippen LogP contribution >= 0.6 is 0 Å². The Labute approximate surface area is 181 Å². The van der Waals surface area contributed by atoms with Gasteiger partial charge < -0.3 is 5.32 Å². The SMILES string of the molecule is CCN(CC)S(=O)(=O)c1cc(NC(=O)Cn2c(C)nc3ccccc3c2=O)ccc1C. The van der Waals surface area contributed by atoms with E-state index in [1.807, 2.05) is 0 Å². The first-order valence-electron chi connectivity index (χ1n) is 10.1. The topological polar surface area (TPSA) is 101 Å². The Bertz CT molecular complexity index is 1290. The largest absolute Gasteiger partial charge is 0.324 e. The van der Waals surface area contributed by atoms with Crippen molar-refractivity contribution in [1.82, 2.24) is 13.9 Å². The van der Waals surface area contributed by atoms with Gasteiger partial charge in [-0.25, -0.2) is 13.4 Å². The summed E-state index contributed by atoms with van der Waals surface area (Å²) in [7, 11) is -3.67. The summed E-state index contributed by atoms with van der Waals surface area (Å²) in [6, 6.07) is 11.7. The van der Waals surface area contributed by atoms with Crippen LogP contribution in [-0.4, -0.2) is 41.3 Å². The van der Waals surface area contributed by atoms with E-state index in [4.69, 9.17) is 0 Å². The predicted molar refractivity (Wildman–Crippen MR) is 121 cm³/mol. The van der Waals surface area contributed by atoms with Crippen LogP contribution in [0.1, 0.15) is 25.2 Å². The van der Waals surface area contributed by atoms with Crippen LogP contribution in [0.15, 0.2) is 52.2 Å². The Hall–Kier alpha value is -3.04. The van der Waals surface area contributed by atoms with Crippen molar-refractivity contribution in [1.29, 1.82) is 0 Å². The van der Waals surface area contributed by atoms with Crippen molar-refractivity contribution < 1.29 is 13.2 Å². The van der Waals surface area contributed by atoms with E-state index in [-0.39, 0.29) is 17.0 Å². The third-order valence-electron chi connectivity index (χ3n) is 5.15. The summed E-state index contributed by atoms with van der Waals surface area (Å²) >= 11 is 0. The molecule has 1 N–H and O–H groups in total. The van der Waals surface area contributed by atoms with Gasteiger partial charge in [0.1, 0.15) is 12.4 Å². The minimum absolute atomic E-state index is 0.148. The van der Waals surface area contributed by atoms with Crippen molar-refractivity contribution in [2.75, 3.05) is 18.4 Å². The van der Waals surface area contributed by atoms with Crippen molar-refractivity contribution in [3.63, 3.8) is 0 Å². The highest BCUT2D eigenvalue weighted by molar-refractivity contribution is 7.89. The first kappa shape index (κ1) is 22.6. The zero-order chi connectivity index (χ0) is 22.8. The molecule has 0 aliphatic rings. The lowest BCUT2D eigenvalue weighted by Crippen LogP contribution is -2.31. The van der Waals surface area contributed by atoms with Gasteiger partial charge in [-0.2, -0.15) is 4.31 Å². The van der Waals surface area contributed by atoms with Crippen molar-refractivity contribution in [2.24, 2.45) is 0 Å². The van der Waals surface area contributed by atoms with Gasteiger partial charge in [-0.3, -0.25) is 14.2 Å². The maximum Gasteiger partial charge on any atom is 0.261 e. The molecule has 0 aliphatic heterocycles. The number of nitrogens with zero attached hydrogens (tertiary/aromatic N) is 3. The van der Waals surface area contributed by atoms with Crippen LogP contribution in [-0.2, 0) is 21.4 Å². The molecule has 1 heterocycles. The maximum atomic E-state index is 12.9. The molecule has 0 bridgehead atoms. The highest BCUT2D eigenvalue weighted by Crippen LogP contribution is 2.23. The van der Waals surface area contributed by atoms with Crippen LogP contribution in [0.5, 0.6) is 0 Å². The molecule has 0 radical (unpaired) electrons. The lowest BCUT2D eigenvalue weighted by atomic mass is 10.2. The summed E-state index contributed by atoms with van der Waals surface area (Å²) in [5, 5.41) is 3.13. The molecule has 164 valence electrons. The zero-order valence-electron chi connectivity index (χ0n) is 18.0. The number of hydrogen-bond donors (Lipinski definition) is 1. The first-order chi connectivity index (χ1) is 14.7. The number of carbonyl (C=O) groups excluding carboxylic acids is 1. The molecular formula is C22H26N4O4S. The number of hydrogen-bond acceptors (Lipinski definition) is 5. The second-order valence-corrected chi connectivity index (χ2v) is 9.09. The van der Waals surface area contributed by atoms with Gasteiger partial charge in [0, 0.05) is 18.8 Å². The molecule has 2 aromatic carbocycles. The Morgan fingerprint density at radius 3 is 2.45 bits per heavy atom. The van der Waals surface area contributed by atoms with E-state index in [0.29, 0.717) is 41.1 Å². The number of fused-ring (bicyclic) bond motifs is 1. The minimum atomic E-state index is -3.67. The molecule has 0 unspecified atom stereocenters. The molecule has 0 saturated carbocycles. The molecule has 3 aromatic rings. The second kappa shape index (κ2) is 8.99. The van der Waals surface area contributed by atoms with E-state index >= 15 is 0 Å². The van der Waals surface area contributed by atoms with Crippen LogP contribution in [0, 0.1) is 13.8 Å². The van der Waals surface area contributed by atoms with Crippen LogP contribution < -0.4 is 10.9 Å². The van der Waals surface area contributed by atoms with Gasteiger partial charge in [0.25, 0.3) is 5.56 Å². The first-order valence-corrected chi connectivity index (χ1v) is 11.5. The van der Waals surface area contributed by atoms with Gasteiger partial charge in [0.15, 0.2) is 0 Å². The van der Waals surface area contributed by atoms with Gasteiger partial charge >= 0.3 is 0 Å². The molecule has 0 spiro atoms. The van der Waals surface area contributed by atoms with Crippen LogP contribution in [0.3, 0.4) is 0 Å². The monoisotopic (exact) mass is 442 g/mol. The minimum Gasteiger partial charge on any atom is -0.324 e. The molecule has 1 amide bonds. The standard InChI is InChI=1S/C22H26N4O4S/c1-5-25(6-2)31(29,30)20-13-17(12-11-15(20)3)24-21(27)14-26-16(4)23-19-10-8-7-9-18(19)22(26)28/h7-13H,5-6,14H2,1-4H3,(H,24,27). The number of benzene rings is 2. The normalized spacial score (nSPS) is 11.8. The number of aryl methyl sites for hydroxylation is 2. The highest BCUT2D eigenvalue weighted by Gasteiger charge is 2.24. The van der Waals surface area contributed by atoms with Gasteiger partial charge in [-0.1, -0.05) is 32.0 Å². The summed E-state index contributed by atoms with van der Waals surface area (Å²) in [4.78, 5) is 30.0. The molecule has 8 nitrogen and oxygen atoms in total. The number of sulfonamides is 1. The van der Waals surface area contributed by atoms with E-state index in [0.717, 1.165) is 0 Å². The van der Waals surface area contributed by atoms with E-state index < -0.39 is 15.9 Å². The number of nitrogens with one attached hydrogen (secondary N) is 1. The fourth-order valence-corrected chi connectivity index (χ4v) is 5.18. The summed E-state index contributed by atoms with van der Waals surface area (Å²) < 4.78 is 28.5. The van der Waals surface area contributed by atoms with Gasteiger partial charge in [0.05, 0.1) is 15.8 Å². The quantitative estimate of drug-likeness (QED) is 0.606. The fourth-order valence-electron chi connectivity index (χ4n) is 3.47. The van der Waals surface area contributed by atoms with E-state index in [2.05, 4.69) is 10.3 Å². The van der Waals surface area contributed by atoms with Crippen molar-refractivity contribution in [2.45, 2.75) is 39.1 Å². The third-order valence-corrected chi connectivity index (χ3v) is 7.34. The highest BCUT2D eigenvalue weighted by atomic mass is 32.2. The Kier molecular flexibility index (Phi) is 6.56. The average Bonchev–Trinajstić information content (AvgIpc) is 2.73. The molecule has 1 aromatic heterocycles. The molecule has 9 heteroatoms. The number of para-hydroxylation sites is 1. The fraction of sp³-hybridized carbons (Fsp3) is 0.318. The number of amides is 1. The summed E-state index contributed by atoms with van der Waals surface area (Å²) in [5.41, 5.74) is 1.22. The number of carbonyl (C=O) groups is 1. The van der Waals surface area contributed by atoms with Crippen molar-refractivity contribution in [3.05, 3.63) is 64.2 Å². The zero-order valence-corrected chi connectivity index (χ0v) is 18.9. The summed E-state index contributed by atoms with van der Waals surface area (Å²) in [6.45, 7) is 7.42. The Morgan fingerprint density at radius 2 is 1.77 bits per heavy atom. The van der Waals surface area contributed by atoms with Gasteiger partial charge in [-0.15, -0.1) is 0 Å². The number of rotatable bonds is 7. The molecule has 0 fully saturated rings. The smallest absolute Gasteiger partial charge is 0.261 e. The van der Waals surface area contributed by atoms with Crippen LogP contribution in [0.4, 0.5) is 5.69 Å². The molecule has 3 rings (SSSR count). The predicted octanol–water partition coefficient (Wildman–Crippen LogP) is 2.68. The summed E-state index contributed by atoms with van der Waals surface area (Å²) in [6.07, 6.45) is 0. The third kappa shape index (κ3) is 4.52. The Morgan fingerprint density at radius 1 is 1.10 bits per heavy atom. The second-order valence-electron chi connectivity index (χ2n) is 7.19. The molecule has 0 aliphatic carbocycles. The van der Waals surface area contributed by atoms with E-state index in [9.17, 15) is 18.0 Å². The number of anilines is 1. The van der Waals surface area contributed by atoms with Crippen molar-refractivity contribution >= 4 is 32.5 Å². The molecule has 0 atom stereocenters. The van der Waals surface area contributed by atoms with Crippen molar-refractivity contribution in [3.8, 4) is 0 Å². The molecular weight excluding hydrogens is 416 g/mol. The van der Waals surface area contributed by atoms with E-state index in [1.54, 1.807) is 64.1 Å². The Balaban J connectivity index is 1.89. The van der Waals surface area contributed by atoms with Crippen LogP contribution in [0.2, 0.25) is 0 Å².